The maximum atomic E-state index is 12.3. The van der Waals surface area contributed by atoms with Gasteiger partial charge in [0.2, 0.25) is 0 Å². The zero-order valence-corrected chi connectivity index (χ0v) is 12.0. The summed E-state index contributed by atoms with van der Waals surface area (Å²) in [7, 11) is 0. The van der Waals surface area contributed by atoms with Gasteiger partial charge in [-0.05, 0) is 49.9 Å². The summed E-state index contributed by atoms with van der Waals surface area (Å²) in [5.41, 5.74) is 0.825. The molecule has 1 atom stereocenters. The number of hydrogen-bond acceptors (Lipinski definition) is 2. The third kappa shape index (κ3) is 2.41. The van der Waals surface area contributed by atoms with Crippen molar-refractivity contribution in [1.82, 2.24) is 10.3 Å². The Hall–Kier alpha value is -1.52. The maximum Gasteiger partial charge on any atom is 0.268 e. The average molecular weight is 293 g/mol. The van der Waals surface area contributed by atoms with E-state index < -0.39 is 5.54 Å². The fourth-order valence-electron chi connectivity index (χ4n) is 2.54. The first kappa shape index (κ1) is 13.5. The number of H-pyrrole nitrogens is 1. The maximum absolute atomic E-state index is 12.3. The molecule has 5 heteroatoms. The lowest BCUT2D eigenvalue weighted by Gasteiger charge is -2.28. The second kappa shape index (κ2) is 4.79. The normalized spacial score (nSPS) is 17.9. The average Bonchev–Trinajstić information content (AvgIpc) is 3.19. The molecule has 1 aromatic heterocycles. The van der Waals surface area contributed by atoms with Crippen LogP contribution < -0.4 is 5.32 Å². The molecule has 1 amide bonds. The zero-order chi connectivity index (χ0) is 14.3. The number of aliphatic hydroxyl groups excluding tert-OH is 1. The standard InChI is InChI=1S/C15H17ClN2O2/c1-15(8-19,10-2-3-10)18-14(20)13-7-9-6-11(16)4-5-12(9)17-13/h4-7,10,17,19H,2-3,8H2,1H3,(H,18,20). The van der Waals surface area contributed by atoms with Gasteiger partial charge in [-0.3, -0.25) is 4.79 Å². The third-order valence-electron chi connectivity index (χ3n) is 4.03. The molecule has 1 fully saturated rings. The number of carbonyl (C=O) groups is 1. The highest BCUT2D eigenvalue weighted by Crippen LogP contribution is 2.39. The van der Waals surface area contributed by atoms with E-state index in [2.05, 4.69) is 10.3 Å². The number of aromatic nitrogens is 1. The van der Waals surface area contributed by atoms with E-state index in [4.69, 9.17) is 11.6 Å². The molecule has 0 radical (unpaired) electrons. The molecule has 3 N–H and O–H groups in total. The topological polar surface area (TPSA) is 65.1 Å². The van der Waals surface area contributed by atoms with Gasteiger partial charge in [0.05, 0.1) is 12.1 Å². The van der Waals surface area contributed by atoms with Crippen molar-refractivity contribution in [2.75, 3.05) is 6.61 Å². The molecular formula is C15H17ClN2O2. The Morgan fingerprint density at radius 2 is 2.25 bits per heavy atom. The molecule has 0 spiro atoms. The molecule has 1 saturated carbocycles. The number of rotatable bonds is 4. The smallest absolute Gasteiger partial charge is 0.268 e. The van der Waals surface area contributed by atoms with Gasteiger partial charge < -0.3 is 15.4 Å². The number of amides is 1. The number of aromatic amines is 1. The quantitative estimate of drug-likeness (QED) is 0.811. The Morgan fingerprint density at radius 3 is 2.90 bits per heavy atom. The highest BCUT2D eigenvalue weighted by Gasteiger charge is 2.42. The van der Waals surface area contributed by atoms with E-state index in [1.807, 2.05) is 19.1 Å². The first-order valence-electron chi connectivity index (χ1n) is 6.73. The van der Waals surface area contributed by atoms with Crippen LogP contribution in [0.5, 0.6) is 0 Å². The molecule has 0 saturated heterocycles. The predicted molar refractivity (Wildman–Crippen MR) is 79.0 cm³/mol. The van der Waals surface area contributed by atoms with Crippen LogP contribution in [0.4, 0.5) is 0 Å². The molecule has 20 heavy (non-hydrogen) atoms. The van der Waals surface area contributed by atoms with E-state index in [9.17, 15) is 9.90 Å². The van der Waals surface area contributed by atoms with Crippen molar-refractivity contribution in [3.05, 3.63) is 35.0 Å². The summed E-state index contributed by atoms with van der Waals surface area (Å²) >= 11 is 5.94. The van der Waals surface area contributed by atoms with E-state index in [0.29, 0.717) is 16.6 Å². The van der Waals surface area contributed by atoms with Crippen molar-refractivity contribution in [2.45, 2.75) is 25.3 Å². The molecule has 106 valence electrons. The van der Waals surface area contributed by atoms with Crippen LogP contribution in [0.15, 0.2) is 24.3 Å². The highest BCUT2D eigenvalue weighted by molar-refractivity contribution is 6.31. The van der Waals surface area contributed by atoms with Crippen LogP contribution in [-0.2, 0) is 0 Å². The Bertz CT molecular complexity index is 663. The molecule has 1 unspecified atom stereocenters. The second-order valence-electron chi connectivity index (χ2n) is 5.72. The number of halogens is 1. The van der Waals surface area contributed by atoms with Gasteiger partial charge in [0.25, 0.3) is 5.91 Å². The molecule has 1 aromatic carbocycles. The van der Waals surface area contributed by atoms with E-state index in [-0.39, 0.29) is 12.5 Å². The van der Waals surface area contributed by atoms with Crippen LogP contribution in [0.2, 0.25) is 5.02 Å². The summed E-state index contributed by atoms with van der Waals surface area (Å²) in [4.78, 5) is 15.4. The van der Waals surface area contributed by atoms with Crippen molar-refractivity contribution < 1.29 is 9.90 Å². The van der Waals surface area contributed by atoms with Gasteiger partial charge >= 0.3 is 0 Å². The number of hydrogen-bond donors (Lipinski definition) is 3. The SMILES string of the molecule is CC(CO)(NC(=O)c1cc2cc(Cl)ccc2[nH]1)C1CC1. The number of fused-ring (bicyclic) bond motifs is 1. The fraction of sp³-hybridized carbons (Fsp3) is 0.400. The van der Waals surface area contributed by atoms with Crippen molar-refractivity contribution >= 4 is 28.4 Å². The molecule has 3 rings (SSSR count). The lowest BCUT2D eigenvalue weighted by Crippen LogP contribution is -2.50. The predicted octanol–water partition coefficient (Wildman–Crippen LogP) is 2.71. The van der Waals surface area contributed by atoms with E-state index in [0.717, 1.165) is 23.7 Å². The van der Waals surface area contributed by atoms with Crippen molar-refractivity contribution in [1.29, 1.82) is 0 Å². The number of aliphatic hydroxyl groups is 1. The molecule has 1 heterocycles. The molecular weight excluding hydrogens is 276 g/mol. The summed E-state index contributed by atoms with van der Waals surface area (Å²) in [5.74, 6) is 0.177. The molecule has 1 aliphatic rings. The second-order valence-corrected chi connectivity index (χ2v) is 6.15. The largest absolute Gasteiger partial charge is 0.394 e. The van der Waals surface area contributed by atoms with Gasteiger partial charge in [0.1, 0.15) is 5.69 Å². The molecule has 0 aliphatic heterocycles. The van der Waals surface area contributed by atoms with Crippen LogP contribution in [-0.4, -0.2) is 28.1 Å². The van der Waals surface area contributed by atoms with Gasteiger partial charge in [0.15, 0.2) is 0 Å². The number of carbonyl (C=O) groups excluding carboxylic acids is 1. The molecule has 2 aromatic rings. The summed E-state index contributed by atoms with van der Waals surface area (Å²) in [6.07, 6.45) is 2.11. The summed E-state index contributed by atoms with van der Waals surface area (Å²) in [5, 5.41) is 14.0. The van der Waals surface area contributed by atoms with E-state index >= 15 is 0 Å². The third-order valence-corrected chi connectivity index (χ3v) is 4.27. The number of nitrogens with one attached hydrogen (secondary N) is 2. The first-order valence-corrected chi connectivity index (χ1v) is 7.11. The van der Waals surface area contributed by atoms with Gasteiger partial charge in [-0.2, -0.15) is 0 Å². The van der Waals surface area contributed by atoms with E-state index in [1.165, 1.54) is 0 Å². The first-order chi connectivity index (χ1) is 9.51. The monoisotopic (exact) mass is 292 g/mol. The molecule has 4 nitrogen and oxygen atoms in total. The Morgan fingerprint density at radius 1 is 1.50 bits per heavy atom. The van der Waals surface area contributed by atoms with Crippen LogP contribution >= 0.6 is 11.6 Å². The van der Waals surface area contributed by atoms with Crippen LogP contribution in [0.3, 0.4) is 0 Å². The summed E-state index contributed by atoms with van der Waals surface area (Å²) in [6, 6.07) is 7.22. The minimum absolute atomic E-state index is 0.0462. The Kier molecular flexibility index (Phi) is 3.22. The lowest BCUT2D eigenvalue weighted by molar-refractivity contribution is 0.0820. The lowest BCUT2D eigenvalue weighted by atomic mass is 9.97. The van der Waals surface area contributed by atoms with E-state index in [1.54, 1.807) is 12.1 Å². The summed E-state index contributed by atoms with van der Waals surface area (Å²) in [6.45, 7) is 1.84. The molecule has 0 bridgehead atoms. The van der Waals surface area contributed by atoms with Crippen molar-refractivity contribution in [2.24, 2.45) is 5.92 Å². The van der Waals surface area contributed by atoms with Gasteiger partial charge in [-0.1, -0.05) is 11.6 Å². The van der Waals surface area contributed by atoms with Crippen LogP contribution in [0.1, 0.15) is 30.3 Å². The minimum atomic E-state index is -0.536. The zero-order valence-electron chi connectivity index (χ0n) is 11.2. The highest BCUT2D eigenvalue weighted by atomic mass is 35.5. The van der Waals surface area contributed by atoms with Crippen LogP contribution in [0.25, 0.3) is 10.9 Å². The van der Waals surface area contributed by atoms with Gasteiger partial charge in [0, 0.05) is 15.9 Å². The van der Waals surface area contributed by atoms with Crippen molar-refractivity contribution in [3.8, 4) is 0 Å². The Labute approximate surface area is 122 Å². The molecule has 1 aliphatic carbocycles. The van der Waals surface area contributed by atoms with Gasteiger partial charge in [-0.25, -0.2) is 0 Å². The fourth-order valence-corrected chi connectivity index (χ4v) is 2.72. The van der Waals surface area contributed by atoms with Crippen LogP contribution in [0, 0.1) is 5.92 Å². The van der Waals surface area contributed by atoms with Gasteiger partial charge in [-0.15, -0.1) is 0 Å². The summed E-state index contributed by atoms with van der Waals surface area (Å²) < 4.78 is 0. The minimum Gasteiger partial charge on any atom is -0.394 e. The Balaban J connectivity index is 1.85. The van der Waals surface area contributed by atoms with Crippen molar-refractivity contribution in [3.63, 3.8) is 0 Å². The number of benzene rings is 1.